The molecule has 14 heavy (non-hydrogen) atoms. The molecule has 1 heterocycles. The first kappa shape index (κ1) is 11.4. The van der Waals surface area contributed by atoms with Crippen LogP contribution >= 0.6 is 0 Å². The van der Waals surface area contributed by atoms with E-state index in [1.165, 1.54) is 4.90 Å². The van der Waals surface area contributed by atoms with E-state index in [0.717, 1.165) is 38.5 Å². The summed E-state index contributed by atoms with van der Waals surface area (Å²) in [5.74, 6) is -0.994. The molecular weight excluding hydrogens is 188 g/mol. The van der Waals surface area contributed by atoms with Crippen molar-refractivity contribution in [2.45, 2.75) is 45.0 Å². The van der Waals surface area contributed by atoms with Gasteiger partial charge in [-0.2, -0.15) is 8.78 Å². The van der Waals surface area contributed by atoms with Crippen molar-refractivity contribution >= 4 is 5.91 Å². The summed E-state index contributed by atoms with van der Waals surface area (Å²) in [6.45, 7) is 1.01. The molecular formula is C10H17F2NO. The van der Waals surface area contributed by atoms with Crippen molar-refractivity contribution in [3.8, 4) is 0 Å². The summed E-state index contributed by atoms with van der Waals surface area (Å²) in [7, 11) is 0. The number of carbonyl (C=O) groups excluding carboxylic acids is 1. The number of hydrogen-bond acceptors (Lipinski definition) is 1. The topological polar surface area (TPSA) is 20.3 Å². The van der Waals surface area contributed by atoms with Gasteiger partial charge >= 0.3 is 6.43 Å². The normalized spacial score (nSPS) is 20.1. The third kappa shape index (κ3) is 3.60. The molecule has 1 fully saturated rings. The van der Waals surface area contributed by atoms with Gasteiger partial charge in [0, 0.05) is 13.1 Å². The molecule has 0 unspecified atom stereocenters. The van der Waals surface area contributed by atoms with Gasteiger partial charge in [-0.05, 0) is 12.8 Å². The molecule has 1 aliphatic heterocycles. The second-order valence-electron chi connectivity index (χ2n) is 3.75. The van der Waals surface area contributed by atoms with E-state index in [0.29, 0.717) is 13.1 Å². The van der Waals surface area contributed by atoms with Crippen LogP contribution in [0, 0.1) is 0 Å². The first-order valence-electron chi connectivity index (χ1n) is 5.29. The van der Waals surface area contributed by atoms with E-state index in [-0.39, 0.29) is 0 Å². The monoisotopic (exact) mass is 205 g/mol. The second-order valence-corrected chi connectivity index (χ2v) is 3.75. The highest BCUT2D eigenvalue weighted by atomic mass is 19.3. The van der Waals surface area contributed by atoms with Crippen LogP contribution in [0.15, 0.2) is 0 Å². The van der Waals surface area contributed by atoms with Crippen LogP contribution in [0.1, 0.15) is 38.5 Å². The third-order valence-electron chi connectivity index (χ3n) is 2.60. The van der Waals surface area contributed by atoms with Crippen LogP contribution in [0.5, 0.6) is 0 Å². The quantitative estimate of drug-likeness (QED) is 0.643. The highest BCUT2D eigenvalue weighted by Crippen LogP contribution is 2.12. The summed E-state index contributed by atoms with van der Waals surface area (Å²) in [5.41, 5.74) is 0. The van der Waals surface area contributed by atoms with Gasteiger partial charge in [0.1, 0.15) is 0 Å². The molecule has 0 radical (unpaired) electrons. The molecule has 0 aromatic heterocycles. The average Bonchev–Trinajstić information content (AvgIpc) is 2.29. The lowest BCUT2D eigenvalue weighted by atomic mass is 10.1. The molecule has 0 spiro atoms. The number of nitrogens with zero attached hydrogens (tertiary/aromatic N) is 1. The molecule has 82 valence electrons. The fraction of sp³-hybridized carbons (Fsp3) is 0.900. The molecule has 4 heteroatoms. The average molecular weight is 205 g/mol. The van der Waals surface area contributed by atoms with Crippen LogP contribution in [0.3, 0.4) is 0 Å². The van der Waals surface area contributed by atoms with Crippen molar-refractivity contribution in [1.29, 1.82) is 0 Å². The lowest BCUT2D eigenvalue weighted by Gasteiger charge is -2.21. The van der Waals surface area contributed by atoms with Gasteiger partial charge in [0.2, 0.25) is 0 Å². The van der Waals surface area contributed by atoms with Gasteiger partial charge in [0.05, 0.1) is 0 Å². The van der Waals surface area contributed by atoms with Crippen LogP contribution in [0.25, 0.3) is 0 Å². The number of amides is 1. The fourth-order valence-electron chi connectivity index (χ4n) is 1.78. The summed E-state index contributed by atoms with van der Waals surface area (Å²) in [4.78, 5) is 12.4. The van der Waals surface area contributed by atoms with E-state index in [1.807, 2.05) is 0 Å². The minimum atomic E-state index is -2.84. The lowest BCUT2D eigenvalue weighted by molar-refractivity contribution is -0.142. The Morgan fingerprint density at radius 2 is 1.36 bits per heavy atom. The zero-order chi connectivity index (χ0) is 10.4. The molecule has 0 aliphatic carbocycles. The highest BCUT2D eigenvalue weighted by Gasteiger charge is 2.22. The minimum Gasteiger partial charge on any atom is -0.338 e. The van der Waals surface area contributed by atoms with E-state index in [2.05, 4.69) is 0 Å². The Morgan fingerprint density at radius 1 is 0.929 bits per heavy atom. The van der Waals surface area contributed by atoms with Gasteiger partial charge in [-0.3, -0.25) is 4.79 Å². The summed E-state index contributed by atoms with van der Waals surface area (Å²) in [6, 6.07) is 0. The summed E-state index contributed by atoms with van der Waals surface area (Å²) < 4.78 is 24.3. The smallest absolute Gasteiger partial charge is 0.315 e. The Balaban J connectivity index is 2.43. The highest BCUT2D eigenvalue weighted by molar-refractivity contribution is 5.79. The van der Waals surface area contributed by atoms with Crippen LogP contribution in [-0.4, -0.2) is 30.3 Å². The molecule has 0 N–H and O–H groups in total. The Labute approximate surface area is 83.3 Å². The van der Waals surface area contributed by atoms with Crippen molar-refractivity contribution in [3.63, 3.8) is 0 Å². The zero-order valence-electron chi connectivity index (χ0n) is 8.35. The summed E-state index contributed by atoms with van der Waals surface area (Å²) in [5, 5.41) is 0. The lowest BCUT2D eigenvalue weighted by Crippen LogP contribution is -2.37. The molecule has 1 aliphatic rings. The van der Waals surface area contributed by atoms with Gasteiger partial charge in [-0.25, -0.2) is 0 Å². The molecule has 1 rings (SSSR count). The molecule has 0 atom stereocenters. The van der Waals surface area contributed by atoms with Gasteiger partial charge in [0.25, 0.3) is 5.91 Å². The van der Waals surface area contributed by atoms with Crippen LogP contribution in [-0.2, 0) is 4.79 Å². The van der Waals surface area contributed by atoms with Gasteiger partial charge in [0.15, 0.2) is 0 Å². The van der Waals surface area contributed by atoms with E-state index in [9.17, 15) is 13.6 Å². The van der Waals surface area contributed by atoms with E-state index >= 15 is 0 Å². The summed E-state index contributed by atoms with van der Waals surface area (Å²) >= 11 is 0. The minimum absolute atomic E-state index is 0.503. The fourth-order valence-corrected chi connectivity index (χ4v) is 1.78. The van der Waals surface area contributed by atoms with Crippen molar-refractivity contribution < 1.29 is 13.6 Å². The maximum atomic E-state index is 12.2. The van der Waals surface area contributed by atoms with Crippen molar-refractivity contribution in [2.75, 3.05) is 13.1 Å². The van der Waals surface area contributed by atoms with Gasteiger partial charge < -0.3 is 4.90 Å². The predicted molar refractivity (Wildman–Crippen MR) is 50.3 cm³/mol. The maximum Gasteiger partial charge on any atom is 0.315 e. The largest absolute Gasteiger partial charge is 0.338 e. The van der Waals surface area contributed by atoms with E-state index < -0.39 is 12.3 Å². The SMILES string of the molecule is O=C(C(F)F)N1CCCCCCCC1. The molecule has 2 nitrogen and oxygen atoms in total. The molecule has 0 saturated carbocycles. The van der Waals surface area contributed by atoms with Gasteiger partial charge in [-0.1, -0.05) is 25.7 Å². The van der Waals surface area contributed by atoms with E-state index in [1.54, 1.807) is 0 Å². The Kier molecular flexibility index (Phi) is 4.84. The Morgan fingerprint density at radius 3 is 1.79 bits per heavy atom. The van der Waals surface area contributed by atoms with Gasteiger partial charge in [-0.15, -0.1) is 0 Å². The Hall–Kier alpha value is -0.670. The number of carbonyl (C=O) groups is 1. The predicted octanol–water partition coefficient (Wildman–Crippen LogP) is 2.43. The van der Waals surface area contributed by atoms with Crippen LogP contribution in [0.4, 0.5) is 8.78 Å². The molecule has 0 aromatic carbocycles. The maximum absolute atomic E-state index is 12.2. The van der Waals surface area contributed by atoms with Crippen LogP contribution < -0.4 is 0 Å². The molecule has 0 aromatic rings. The third-order valence-corrected chi connectivity index (χ3v) is 2.60. The number of rotatable bonds is 1. The zero-order valence-corrected chi connectivity index (χ0v) is 8.35. The number of alkyl halides is 2. The van der Waals surface area contributed by atoms with Crippen LogP contribution in [0.2, 0.25) is 0 Å². The second kappa shape index (κ2) is 5.94. The van der Waals surface area contributed by atoms with Crippen molar-refractivity contribution in [3.05, 3.63) is 0 Å². The molecule has 1 saturated heterocycles. The molecule has 0 bridgehead atoms. The molecule has 1 amide bonds. The number of halogens is 2. The first-order valence-corrected chi connectivity index (χ1v) is 5.29. The van der Waals surface area contributed by atoms with Crippen molar-refractivity contribution in [2.24, 2.45) is 0 Å². The first-order chi connectivity index (χ1) is 6.72. The number of hydrogen-bond donors (Lipinski definition) is 0. The summed E-state index contributed by atoms with van der Waals surface area (Å²) in [6.07, 6.45) is 3.31. The van der Waals surface area contributed by atoms with Crippen molar-refractivity contribution in [1.82, 2.24) is 4.90 Å². The Bertz CT molecular complexity index is 175. The standard InChI is InChI=1S/C10H17F2NO/c11-9(12)10(14)13-7-5-3-1-2-4-6-8-13/h9H,1-8H2. The van der Waals surface area contributed by atoms with E-state index in [4.69, 9.17) is 0 Å².